The maximum atomic E-state index is 13.0. The van der Waals surface area contributed by atoms with Gasteiger partial charge in [-0.05, 0) is 41.8 Å². The highest BCUT2D eigenvalue weighted by molar-refractivity contribution is 6.05. The van der Waals surface area contributed by atoms with E-state index in [4.69, 9.17) is 4.74 Å². The van der Waals surface area contributed by atoms with E-state index in [2.05, 4.69) is 15.5 Å². The molecule has 2 heterocycles. The Labute approximate surface area is 211 Å². The fraction of sp³-hybridized carbons (Fsp3) is 0.148. The second kappa shape index (κ2) is 9.32. The van der Waals surface area contributed by atoms with Crippen molar-refractivity contribution in [3.8, 4) is 5.69 Å². The predicted octanol–water partition coefficient (Wildman–Crippen LogP) is 4.57. The normalized spacial score (nSPS) is 13.7. The molecule has 1 aliphatic heterocycles. The molecule has 0 saturated carbocycles. The minimum Gasteiger partial charge on any atom is -0.378 e. The zero-order valence-electron chi connectivity index (χ0n) is 19.7. The first kappa shape index (κ1) is 22.6. The van der Waals surface area contributed by atoms with Crippen LogP contribution in [0, 0.1) is 10.1 Å². The van der Waals surface area contributed by atoms with Crippen LogP contribution in [-0.2, 0) is 4.74 Å². The number of carbonyl (C=O) groups is 1. The summed E-state index contributed by atoms with van der Waals surface area (Å²) in [6, 6.07) is 23.8. The van der Waals surface area contributed by atoms with E-state index >= 15 is 0 Å². The number of hydrogen-bond acceptors (Lipinski definition) is 7. The van der Waals surface area contributed by atoms with Crippen LogP contribution in [0.15, 0.2) is 78.9 Å². The molecule has 0 aliphatic carbocycles. The molecule has 0 unspecified atom stereocenters. The van der Waals surface area contributed by atoms with E-state index in [9.17, 15) is 14.9 Å². The number of rotatable bonds is 5. The lowest BCUT2D eigenvalue weighted by Gasteiger charge is -2.28. The van der Waals surface area contributed by atoms with Crippen molar-refractivity contribution in [1.82, 2.24) is 15.0 Å². The van der Waals surface area contributed by atoms with Crippen molar-refractivity contribution >= 4 is 44.8 Å². The van der Waals surface area contributed by atoms with Crippen LogP contribution < -0.4 is 10.2 Å². The summed E-state index contributed by atoms with van der Waals surface area (Å²) in [5.74, 6) is -0.447. The van der Waals surface area contributed by atoms with Crippen molar-refractivity contribution < 1.29 is 14.5 Å². The third kappa shape index (κ3) is 4.34. The Hall–Kier alpha value is -4.83. The van der Waals surface area contributed by atoms with Crippen LogP contribution in [0.25, 0.3) is 27.5 Å². The number of nitro benzene ring substituents is 1. The number of nitrogens with zero attached hydrogens (tertiary/aromatic N) is 5. The first-order valence-electron chi connectivity index (χ1n) is 11.8. The number of nitrogens with one attached hydrogen (secondary N) is 1. The van der Waals surface area contributed by atoms with Crippen LogP contribution in [0.1, 0.15) is 10.4 Å². The number of amides is 1. The fourth-order valence-corrected chi connectivity index (χ4v) is 4.57. The van der Waals surface area contributed by atoms with Gasteiger partial charge in [-0.3, -0.25) is 14.9 Å². The number of benzene rings is 4. The second-order valence-corrected chi connectivity index (χ2v) is 8.71. The van der Waals surface area contributed by atoms with Gasteiger partial charge in [-0.15, -0.1) is 15.0 Å². The van der Waals surface area contributed by atoms with Crippen LogP contribution in [-0.4, -0.2) is 52.1 Å². The lowest BCUT2D eigenvalue weighted by atomic mass is 10.1. The first-order valence-corrected chi connectivity index (χ1v) is 11.8. The summed E-state index contributed by atoms with van der Waals surface area (Å²) in [5, 5.41) is 25.9. The largest absolute Gasteiger partial charge is 0.378 e. The summed E-state index contributed by atoms with van der Waals surface area (Å²) in [6.45, 7) is 2.14. The van der Waals surface area contributed by atoms with E-state index < -0.39 is 10.8 Å². The standard InChI is InChI=1S/C27H22N6O4/c34-27(19-8-11-25(26(16-19)33(35)36)31-12-14-37-15-13-31)28-20-9-10-22-23(17-20)30-32(29-22)24-7-3-5-18-4-1-2-6-21(18)24/h1-11,16-17H,12-15H2,(H,28,34). The minimum atomic E-state index is -0.459. The monoisotopic (exact) mass is 494 g/mol. The van der Waals surface area contributed by atoms with Crippen molar-refractivity contribution in [3.63, 3.8) is 0 Å². The molecule has 10 heteroatoms. The summed E-state index contributed by atoms with van der Waals surface area (Å²) in [6.07, 6.45) is 0. The summed E-state index contributed by atoms with van der Waals surface area (Å²) >= 11 is 0. The molecule has 1 N–H and O–H groups in total. The number of anilines is 2. The van der Waals surface area contributed by atoms with E-state index in [0.29, 0.717) is 48.7 Å². The van der Waals surface area contributed by atoms with Gasteiger partial charge in [-0.25, -0.2) is 0 Å². The topological polar surface area (TPSA) is 115 Å². The average Bonchev–Trinajstić information content (AvgIpc) is 3.36. The molecule has 4 aromatic carbocycles. The van der Waals surface area contributed by atoms with Gasteiger partial charge < -0.3 is 15.0 Å². The molecule has 1 amide bonds. The van der Waals surface area contributed by atoms with E-state index in [0.717, 1.165) is 16.5 Å². The van der Waals surface area contributed by atoms with Crippen molar-refractivity contribution in [2.24, 2.45) is 0 Å². The number of morpholine rings is 1. The molecule has 1 aromatic heterocycles. The lowest BCUT2D eigenvalue weighted by Crippen LogP contribution is -2.36. The molecule has 6 rings (SSSR count). The van der Waals surface area contributed by atoms with Crippen LogP contribution >= 0.6 is 0 Å². The van der Waals surface area contributed by atoms with Crippen molar-refractivity contribution in [2.45, 2.75) is 0 Å². The fourth-order valence-electron chi connectivity index (χ4n) is 4.57. The minimum absolute atomic E-state index is 0.108. The van der Waals surface area contributed by atoms with Gasteiger partial charge in [0.05, 0.1) is 23.8 Å². The number of hydrogen-bond donors (Lipinski definition) is 1. The third-order valence-electron chi connectivity index (χ3n) is 6.41. The van der Waals surface area contributed by atoms with Gasteiger partial charge in [-0.1, -0.05) is 36.4 Å². The van der Waals surface area contributed by atoms with Gasteiger partial charge in [0, 0.05) is 35.8 Å². The Morgan fingerprint density at radius 2 is 1.68 bits per heavy atom. The molecule has 1 saturated heterocycles. The molecule has 37 heavy (non-hydrogen) atoms. The van der Waals surface area contributed by atoms with Crippen LogP contribution in [0.4, 0.5) is 17.1 Å². The maximum absolute atomic E-state index is 13.0. The molecule has 0 radical (unpaired) electrons. The molecule has 1 aliphatic rings. The van der Waals surface area contributed by atoms with Gasteiger partial charge in [-0.2, -0.15) is 0 Å². The zero-order valence-corrected chi connectivity index (χ0v) is 19.7. The summed E-state index contributed by atoms with van der Waals surface area (Å²) in [4.78, 5) is 27.8. The van der Waals surface area contributed by atoms with Gasteiger partial charge in [0.25, 0.3) is 11.6 Å². The molecule has 10 nitrogen and oxygen atoms in total. The number of ether oxygens (including phenoxy) is 1. The molecular weight excluding hydrogens is 472 g/mol. The molecular formula is C27H22N6O4. The van der Waals surface area contributed by atoms with Crippen LogP contribution in [0.2, 0.25) is 0 Å². The van der Waals surface area contributed by atoms with Crippen molar-refractivity contribution in [2.75, 3.05) is 36.5 Å². The highest BCUT2D eigenvalue weighted by atomic mass is 16.6. The summed E-state index contributed by atoms with van der Waals surface area (Å²) in [7, 11) is 0. The number of fused-ring (bicyclic) bond motifs is 2. The van der Waals surface area contributed by atoms with Gasteiger partial charge in [0.15, 0.2) is 0 Å². The lowest BCUT2D eigenvalue weighted by molar-refractivity contribution is -0.384. The van der Waals surface area contributed by atoms with Crippen molar-refractivity contribution in [1.29, 1.82) is 0 Å². The van der Waals surface area contributed by atoms with Gasteiger partial charge >= 0.3 is 0 Å². The number of carbonyl (C=O) groups excluding carboxylic acids is 1. The SMILES string of the molecule is O=C(Nc1ccc2nn(-c3cccc4ccccc34)nc2c1)c1ccc(N2CCOCC2)c([N+](=O)[O-])c1. The molecule has 1 fully saturated rings. The summed E-state index contributed by atoms with van der Waals surface area (Å²) < 4.78 is 5.34. The quantitative estimate of drug-likeness (QED) is 0.281. The van der Waals surface area contributed by atoms with Crippen molar-refractivity contribution in [3.05, 3.63) is 94.5 Å². The number of aromatic nitrogens is 3. The smallest absolute Gasteiger partial charge is 0.293 e. The highest BCUT2D eigenvalue weighted by Crippen LogP contribution is 2.30. The van der Waals surface area contributed by atoms with Crippen LogP contribution in [0.3, 0.4) is 0 Å². The number of nitro groups is 1. The zero-order chi connectivity index (χ0) is 25.4. The molecule has 5 aromatic rings. The van der Waals surface area contributed by atoms with E-state index in [1.807, 2.05) is 47.4 Å². The van der Waals surface area contributed by atoms with E-state index in [-0.39, 0.29) is 11.3 Å². The third-order valence-corrected chi connectivity index (χ3v) is 6.41. The molecule has 184 valence electrons. The Bertz CT molecular complexity index is 1650. The van der Waals surface area contributed by atoms with Gasteiger partial charge in [0.1, 0.15) is 16.7 Å². The molecule has 0 atom stereocenters. The second-order valence-electron chi connectivity index (χ2n) is 8.71. The predicted molar refractivity (Wildman–Crippen MR) is 140 cm³/mol. The Morgan fingerprint density at radius 1 is 0.892 bits per heavy atom. The Balaban J connectivity index is 1.27. The van der Waals surface area contributed by atoms with Crippen LogP contribution in [0.5, 0.6) is 0 Å². The Morgan fingerprint density at radius 3 is 2.51 bits per heavy atom. The summed E-state index contributed by atoms with van der Waals surface area (Å²) in [5.41, 5.74) is 3.23. The Kier molecular flexibility index (Phi) is 5.70. The van der Waals surface area contributed by atoms with Gasteiger partial charge in [0.2, 0.25) is 0 Å². The average molecular weight is 495 g/mol. The maximum Gasteiger partial charge on any atom is 0.293 e. The molecule has 0 bridgehead atoms. The first-order chi connectivity index (χ1) is 18.1. The highest BCUT2D eigenvalue weighted by Gasteiger charge is 2.23. The molecule has 0 spiro atoms. The van der Waals surface area contributed by atoms with E-state index in [1.54, 1.807) is 35.1 Å². The van der Waals surface area contributed by atoms with E-state index in [1.165, 1.54) is 6.07 Å².